The van der Waals surface area contributed by atoms with Crippen LogP contribution in [0, 0.1) is 13.8 Å². The Balaban J connectivity index is 2.41. The van der Waals surface area contributed by atoms with Gasteiger partial charge in [0.15, 0.2) is 0 Å². The fraction of sp³-hybridized carbons (Fsp3) is 0.273. The van der Waals surface area contributed by atoms with Crippen molar-refractivity contribution in [3.63, 3.8) is 0 Å². The van der Waals surface area contributed by atoms with E-state index in [0.29, 0.717) is 0 Å². The molecule has 0 fully saturated rings. The Hall–Kier alpha value is 0.170. The Morgan fingerprint density at radius 2 is 2.07 bits per heavy atom. The summed E-state index contributed by atoms with van der Waals surface area (Å²) in [7, 11) is 0. The van der Waals surface area contributed by atoms with Gasteiger partial charge in [0.1, 0.15) is 0 Å². The Labute approximate surface area is 111 Å². The zero-order valence-electron chi connectivity index (χ0n) is 8.38. The number of hydrogen-bond donors (Lipinski definition) is 0. The Morgan fingerprint density at radius 3 is 2.53 bits per heavy atom. The van der Waals surface area contributed by atoms with Crippen LogP contribution in [-0.4, -0.2) is 0 Å². The second-order valence-electron chi connectivity index (χ2n) is 3.37. The SMILES string of the molecule is Cc1scc(C(Cl)c2sccc2Br)c1C. The molecule has 0 saturated carbocycles. The van der Waals surface area contributed by atoms with Crippen LogP contribution in [0.4, 0.5) is 0 Å². The summed E-state index contributed by atoms with van der Waals surface area (Å²) in [6.07, 6.45) is 0. The van der Waals surface area contributed by atoms with Crippen molar-refractivity contribution in [2.45, 2.75) is 19.2 Å². The highest BCUT2D eigenvalue weighted by atomic mass is 79.9. The van der Waals surface area contributed by atoms with Gasteiger partial charge in [-0.2, -0.15) is 0 Å². The summed E-state index contributed by atoms with van der Waals surface area (Å²) in [4.78, 5) is 2.54. The van der Waals surface area contributed by atoms with Crippen LogP contribution >= 0.6 is 50.2 Å². The van der Waals surface area contributed by atoms with Crippen LogP contribution in [0.15, 0.2) is 21.3 Å². The Kier molecular flexibility index (Phi) is 3.56. The minimum Gasteiger partial charge on any atom is -0.149 e. The minimum atomic E-state index is -0.0238. The van der Waals surface area contributed by atoms with Gasteiger partial charge in [0.05, 0.1) is 5.38 Å². The van der Waals surface area contributed by atoms with Crippen LogP contribution in [0.25, 0.3) is 0 Å². The van der Waals surface area contributed by atoms with E-state index in [1.54, 1.807) is 22.7 Å². The van der Waals surface area contributed by atoms with E-state index in [1.165, 1.54) is 20.9 Å². The number of hydrogen-bond acceptors (Lipinski definition) is 2. The molecule has 15 heavy (non-hydrogen) atoms. The average molecular weight is 322 g/mol. The van der Waals surface area contributed by atoms with Crippen molar-refractivity contribution in [3.8, 4) is 0 Å². The van der Waals surface area contributed by atoms with Crippen molar-refractivity contribution in [1.29, 1.82) is 0 Å². The second-order valence-corrected chi connectivity index (χ2v) is 6.69. The monoisotopic (exact) mass is 320 g/mol. The van der Waals surface area contributed by atoms with Gasteiger partial charge in [-0.25, -0.2) is 0 Å². The third kappa shape index (κ3) is 2.16. The first-order chi connectivity index (χ1) is 7.11. The van der Waals surface area contributed by atoms with Crippen LogP contribution in [0.2, 0.25) is 0 Å². The molecule has 4 heteroatoms. The molecule has 0 N–H and O–H groups in total. The molecule has 0 nitrogen and oxygen atoms in total. The molecule has 0 spiro atoms. The van der Waals surface area contributed by atoms with Gasteiger partial charge < -0.3 is 0 Å². The Bertz CT molecular complexity index is 473. The topological polar surface area (TPSA) is 0 Å². The molecule has 0 aliphatic rings. The van der Waals surface area contributed by atoms with Gasteiger partial charge in [-0.3, -0.25) is 0 Å². The fourth-order valence-corrected chi connectivity index (χ4v) is 4.62. The van der Waals surface area contributed by atoms with Gasteiger partial charge in [-0.15, -0.1) is 34.3 Å². The van der Waals surface area contributed by atoms with Crippen molar-refractivity contribution < 1.29 is 0 Å². The maximum Gasteiger partial charge on any atom is 0.0949 e. The first-order valence-corrected chi connectivity index (χ1v) is 7.51. The summed E-state index contributed by atoms with van der Waals surface area (Å²) in [6.45, 7) is 4.27. The van der Waals surface area contributed by atoms with Crippen molar-refractivity contribution in [3.05, 3.63) is 42.2 Å². The number of rotatable bonds is 2. The molecule has 0 bridgehead atoms. The van der Waals surface area contributed by atoms with Crippen molar-refractivity contribution in [2.75, 3.05) is 0 Å². The lowest BCUT2D eigenvalue weighted by molar-refractivity contribution is 1.15. The van der Waals surface area contributed by atoms with Gasteiger partial charge in [-0.1, -0.05) is 0 Å². The van der Waals surface area contributed by atoms with Crippen LogP contribution in [-0.2, 0) is 0 Å². The lowest BCUT2D eigenvalue weighted by atomic mass is 10.1. The molecule has 0 saturated heterocycles. The lowest BCUT2D eigenvalue weighted by Gasteiger charge is -2.08. The zero-order valence-corrected chi connectivity index (χ0v) is 12.4. The molecule has 2 heterocycles. The highest BCUT2D eigenvalue weighted by Crippen LogP contribution is 2.40. The largest absolute Gasteiger partial charge is 0.149 e. The van der Waals surface area contributed by atoms with Crippen molar-refractivity contribution in [2.24, 2.45) is 0 Å². The summed E-state index contributed by atoms with van der Waals surface area (Å²) in [5.74, 6) is 0. The minimum absolute atomic E-state index is 0.0238. The zero-order chi connectivity index (χ0) is 11.0. The number of thiophene rings is 2. The van der Waals surface area contributed by atoms with E-state index in [-0.39, 0.29) is 5.38 Å². The summed E-state index contributed by atoms with van der Waals surface area (Å²) < 4.78 is 1.11. The van der Waals surface area contributed by atoms with Crippen LogP contribution < -0.4 is 0 Å². The van der Waals surface area contributed by atoms with Crippen LogP contribution in [0.5, 0.6) is 0 Å². The molecular formula is C11H10BrClS2. The summed E-state index contributed by atoms with van der Waals surface area (Å²) >= 11 is 13.5. The molecule has 2 aromatic rings. The second kappa shape index (κ2) is 4.58. The highest BCUT2D eigenvalue weighted by Gasteiger charge is 2.18. The first-order valence-electron chi connectivity index (χ1n) is 4.52. The van der Waals surface area contributed by atoms with E-state index in [4.69, 9.17) is 11.6 Å². The number of alkyl halides is 1. The van der Waals surface area contributed by atoms with Crippen LogP contribution in [0.3, 0.4) is 0 Å². The summed E-state index contributed by atoms with van der Waals surface area (Å²) in [6, 6.07) is 2.05. The van der Waals surface area contributed by atoms with E-state index in [9.17, 15) is 0 Å². The molecular weight excluding hydrogens is 312 g/mol. The van der Waals surface area contributed by atoms with Crippen molar-refractivity contribution >= 4 is 50.2 Å². The normalized spacial score (nSPS) is 13.1. The maximum atomic E-state index is 6.48. The van der Waals surface area contributed by atoms with E-state index in [2.05, 4.69) is 40.5 Å². The Morgan fingerprint density at radius 1 is 1.33 bits per heavy atom. The molecule has 0 aliphatic carbocycles. The molecule has 2 aromatic heterocycles. The van der Waals surface area contributed by atoms with Crippen LogP contribution in [0.1, 0.15) is 26.3 Å². The molecule has 2 rings (SSSR count). The molecule has 0 aromatic carbocycles. The van der Waals surface area contributed by atoms with Gasteiger partial charge in [0.25, 0.3) is 0 Å². The van der Waals surface area contributed by atoms with Crippen molar-refractivity contribution in [1.82, 2.24) is 0 Å². The van der Waals surface area contributed by atoms with Gasteiger partial charge >= 0.3 is 0 Å². The van der Waals surface area contributed by atoms with Gasteiger partial charge in [0, 0.05) is 14.2 Å². The number of halogens is 2. The molecule has 0 amide bonds. The molecule has 80 valence electrons. The number of aryl methyl sites for hydroxylation is 1. The quantitative estimate of drug-likeness (QED) is 0.639. The van der Waals surface area contributed by atoms with E-state index >= 15 is 0 Å². The molecule has 1 atom stereocenters. The predicted octanol–water partition coefficient (Wildman–Crippen LogP) is 5.52. The molecule has 0 radical (unpaired) electrons. The third-order valence-electron chi connectivity index (χ3n) is 2.47. The predicted molar refractivity (Wildman–Crippen MR) is 73.5 cm³/mol. The first kappa shape index (κ1) is 11.6. The highest BCUT2D eigenvalue weighted by molar-refractivity contribution is 9.10. The summed E-state index contributed by atoms with van der Waals surface area (Å²) in [5, 5.41) is 4.20. The third-order valence-corrected chi connectivity index (χ3v) is 6.02. The average Bonchev–Trinajstić information content (AvgIpc) is 2.75. The standard InChI is InChI=1S/C11H10BrClS2/c1-6-7(2)15-5-8(6)10(13)11-9(12)3-4-14-11/h3-5,10H,1-2H3. The smallest absolute Gasteiger partial charge is 0.0949 e. The lowest BCUT2D eigenvalue weighted by Crippen LogP contribution is -1.91. The van der Waals surface area contributed by atoms with E-state index in [0.717, 1.165) is 4.47 Å². The van der Waals surface area contributed by atoms with Gasteiger partial charge in [0.2, 0.25) is 0 Å². The van der Waals surface area contributed by atoms with E-state index in [1.807, 2.05) is 6.07 Å². The summed E-state index contributed by atoms with van der Waals surface area (Å²) in [5.41, 5.74) is 2.56. The van der Waals surface area contributed by atoms with Gasteiger partial charge in [-0.05, 0) is 57.7 Å². The maximum absolute atomic E-state index is 6.48. The molecule has 1 unspecified atom stereocenters. The molecule has 0 aliphatic heterocycles. The van der Waals surface area contributed by atoms with E-state index < -0.39 is 0 Å². The fourth-order valence-electron chi connectivity index (χ4n) is 1.41.